The minimum atomic E-state index is -0.542. The predicted molar refractivity (Wildman–Crippen MR) is 78.7 cm³/mol. The number of carbonyl (C=O) groups is 2. The number of hydrogen-bond acceptors (Lipinski definition) is 4. The van der Waals surface area contributed by atoms with Gasteiger partial charge in [-0.25, -0.2) is 0 Å². The number of amides is 2. The molecule has 5 N–H and O–H groups in total. The van der Waals surface area contributed by atoms with Crippen LogP contribution in [0.15, 0.2) is 47.4 Å². The monoisotopic (exact) mass is 286 g/mol. The van der Waals surface area contributed by atoms with Crippen molar-refractivity contribution in [2.24, 2.45) is 5.73 Å². The molecule has 2 aromatic rings. The number of aromatic nitrogens is 1. The number of carbonyl (C=O) groups excluding carboxylic acids is 2. The summed E-state index contributed by atoms with van der Waals surface area (Å²) >= 11 is 0. The number of nitrogens with zero attached hydrogens (tertiary/aromatic N) is 1. The van der Waals surface area contributed by atoms with Crippen LogP contribution in [0.5, 0.6) is 0 Å². The first kappa shape index (κ1) is 14.3. The number of pyridine rings is 1. The number of primary amides is 1. The van der Waals surface area contributed by atoms with Crippen LogP contribution in [-0.2, 0) is 11.3 Å². The molecule has 1 aromatic carbocycles. The van der Waals surface area contributed by atoms with E-state index < -0.39 is 5.91 Å². The highest BCUT2D eigenvalue weighted by Gasteiger charge is 2.06. The van der Waals surface area contributed by atoms with Gasteiger partial charge in [0.05, 0.1) is 0 Å². The first-order chi connectivity index (χ1) is 9.95. The van der Waals surface area contributed by atoms with E-state index in [0.29, 0.717) is 16.9 Å². The highest BCUT2D eigenvalue weighted by molar-refractivity contribution is 5.94. The quantitative estimate of drug-likeness (QED) is 0.741. The summed E-state index contributed by atoms with van der Waals surface area (Å²) in [6, 6.07) is 8.89. The van der Waals surface area contributed by atoms with Crippen molar-refractivity contribution in [2.45, 2.75) is 6.54 Å². The van der Waals surface area contributed by atoms with Crippen LogP contribution in [0, 0.1) is 0 Å². The Balaban J connectivity index is 2.06. The van der Waals surface area contributed by atoms with Crippen LogP contribution in [0.25, 0.3) is 0 Å². The number of hydrogen-bond donors (Lipinski definition) is 3. The van der Waals surface area contributed by atoms with Crippen molar-refractivity contribution in [1.82, 2.24) is 4.57 Å². The minimum absolute atomic E-state index is 0.151. The predicted octanol–water partition coefficient (Wildman–Crippen LogP) is 0.168. The Morgan fingerprint density at radius 3 is 2.38 bits per heavy atom. The van der Waals surface area contributed by atoms with Gasteiger partial charge < -0.3 is 21.4 Å². The Labute approximate surface area is 120 Å². The molecule has 2 rings (SSSR count). The van der Waals surface area contributed by atoms with Gasteiger partial charge in [0.1, 0.15) is 6.54 Å². The van der Waals surface area contributed by atoms with E-state index in [-0.39, 0.29) is 18.0 Å². The van der Waals surface area contributed by atoms with E-state index in [1.165, 1.54) is 35.0 Å². The van der Waals surface area contributed by atoms with E-state index in [4.69, 9.17) is 11.5 Å². The minimum Gasteiger partial charge on any atom is -0.398 e. The molecule has 0 atom stereocenters. The van der Waals surface area contributed by atoms with Crippen LogP contribution in [0.1, 0.15) is 10.4 Å². The largest absolute Gasteiger partial charge is 0.398 e. The fourth-order valence-corrected chi connectivity index (χ4v) is 1.75. The second kappa shape index (κ2) is 5.91. The molecule has 0 bridgehead atoms. The van der Waals surface area contributed by atoms with Gasteiger partial charge in [0, 0.05) is 29.2 Å². The number of benzene rings is 1. The molecule has 0 aliphatic carbocycles. The average Bonchev–Trinajstić information content (AvgIpc) is 2.43. The van der Waals surface area contributed by atoms with Crippen molar-refractivity contribution in [3.05, 3.63) is 58.5 Å². The van der Waals surface area contributed by atoms with Gasteiger partial charge in [0.25, 0.3) is 5.56 Å². The molecule has 0 unspecified atom stereocenters. The Morgan fingerprint density at radius 1 is 1.10 bits per heavy atom. The summed E-state index contributed by atoms with van der Waals surface area (Å²) in [6.07, 6.45) is 1.40. The van der Waals surface area contributed by atoms with E-state index in [9.17, 15) is 14.4 Å². The highest BCUT2D eigenvalue weighted by atomic mass is 16.2. The van der Waals surface area contributed by atoms with Gasteiger partial charge in [-0.2, -0.15) is 0 Å². The number of rotatable bonds is 4. The molecule has 1 aromatic heterocycles. The standard InChI is InChI=1S/C14H14N4O3/c15-10-3-6-13(20)18(7-10)8-12(19)17-11-4-1-9(2-5-11)14(16)21/h1-7H,8,15H2,(H2,16,21)(H,17,19). The van der Waals surface area contributed by atoms with E-state index in [0.717, 1.165) is 0 Å². The zero-order chi connectivity index (χ0) is 15.4. The molecule has 0 radical (unpaired) electrons. The van der Waals surface area contributed by atoms with Crippen molar-refractivity contribution in [1.29, 1.82) is 0 Å². The van der Waals surface area contributed by atoms with Crippen molar-refractivity contribution in [3.8, 4) is 0 Å². The molecule has 2 amide bonds. The number of nitrogens with one attached hydrogen (secondary N) is 1. The molecular weight excluding hydrogens is 272 g/mol. The van der Waals surface area contributed by atoms with Gasteiger partial charge >= 0.3 is 0 Å². The SMILES string of the molecule is NC(=O)c1ccc(NC(=O)Cn2cc(N)ccc2=O)cc1. The molecule has 108 valence electrons. The Morgan fingerprint density at radius 2 is 1.76 bits per heavy atom. The van der Waals surface area contributed by atoms with E-state index in [1.807, 2.05) is 0 Å². The first-order valence-electron chi connectivity index (χ1n) is 6.11. The van der Waals surface area contributed by atoms with Crippen LogP contribution < -0.4 is 22.3 Å². The molecule has 0 aliphatic rings. The Hall–Kier alpha value is -3.09. The lowest BCUT2D eigenvalue weighted by atomic mass is 10.2. The molecule has 7 nitrogen and oxygen atoms in total. The van der Waals surface area contributed by atoms with Crippen LogP contribution in [0.4, 0.5) is 11.4 Å². The maximum absolute atomic E-state index is 11.9. The molecular formula is C14H14N4O3. The molecule has 0 aliphatic heterocycles. The first-order valence-corrected chi connectivity index (χ1v) is 6.11. The van der Waals surface area contributed by atoms with Crippen LogP contribution in [0.3, 0.4) is 0 Å². The third-order valence-electron chi connectivity index (χ3n) is 2.77. The molecule has 0 saturated carbocycles. The van der Waals surface area contributed by atoms with Gasteiger partial charge in [-0.05, 0) is 30.3 Å². The van der Waals surface area contributed by atoms with Crippen LogP contribution in [0.2, 0.25) is 0 Å². The highest BCUT2D eigenvalue weighted by Crippen LogP contribution is 2.09. The zero-order valence-electron chi connectivity index (χ0n) is 11.1. The fourth-order valence-electron chi connectivity index (χ4n) is 1.75. The summed E-state index contributed by atoms with van der Waals surface area (Å²) in [5.74, 6) is -0.922. The lowest BCUT2D eigenvalue weighted by Crippen LogP contribution is -2.27. The number of nitrogen functional groups attached to an aromatic ring is 1. The average molecular weight is 286 g/mol. The summed E-state index contributed by atoms with van der Waals surface area (Å²) in [5, 5.41) is 2.61. The van der Waals surface area contributed by atoms with Crippen molar-refractivity contribution in [3.63, 3.8) is 0 Å². The number of anilines is 2. The topological polar surface area (TPSA) is 120 Å². The second-order valence-corrected chi connectivity index (χ2v) is 4.42. The summed E-state index contributed by atoms with van der Waals surface area (Å²) in [5.41, 5.74) is 11.6. The fraction of sp³-hybridized carbons (Fsp3) is 0.0714. The molecule has 21 heavy (non-hydrogen) atoms. The maximum Gasteiger partial charge on any atom is 0.251 e. The third-order valence-corrected chi connectivity index (χ3v) is 2.77. The van der Waals surface area contributed by atoms with Gasteiger partial charge in [-0.1, -0.05) is 0 Å². The Kier molecular flexibility index (Phi) is 4.03. The van der Waals surface area contributed by atoms with Gasteiger partial charge in [-0.15, -0.1) is 0 Å². The Bertz CT molecular complexity index is 735. The molecule has 1 heterocycles. The van der Waals surface area contributed by atoms with Gasteiger partial charge in [0.2, 0.25) is 11.8 Å². The second-order valence-electron chi connectivity index (χ2n) is 4.42. The summed E-state index contributed by atoms with van der Waals surface area (Å²) in [4.78, 5) is 34.3. The third kappa shape index (κ3) is 3.69. The van der Waals surface area contributed by atoms with Gasteiger partial charge in [-0.3, -0.25) is 14.4 Å². The smallest absolute Gasteiger partial charge is 0.251 e. The normalized spacial score (nSPS) is 10.1. The van der Waals surface area contributed by atoms with Crippen LogP contribution >= 0.6 is 0 Å². The lowest BCUT2D eigenvalue weighted by Gasteiger charge is -2.08. The van der Waals surface area contributed by atoms with E-state index in [1.54, 1.807) is 12.1 Å². The molecule has 0 spiro atoms. The number of nitrogens with two attached hydrogens (primary N) is 2. The lowest BCUT2D eigenvalue weighted by molar-refractivity contribution is -0.116. The molecule has 0 saturated heterocycles. The molecule has 7 heteroatoms. The van der Waals surface area contributed by atoms with Crippen LogP contribution in [-0.4, -0.2) is 16.4 Å². The summed E-state index contributed by atoms with van der Waals surface area (Å²) in [7, 11) is 0. The molecule has 0 fully saturated rings. The zero-order valence-corrected chi connectivity index (χ0v) is 11.1. The summed E-state index contributed by atoms with van der Waals surface area (Å²) < 4.78 is 1.21. The van der Waals surface area contributed by atoms with Crippen molar-refractivity contribution in [2.75, 3.05) is 11.1 Å². The van der Waals surface area contributed by atoms with Crippen molar-refractivity contribution < 1.29 is 9.59 Å². The van der Waals surface area contributed by atoms with E-state index >= 15 is 0 Å². The summed E-state index contributed by atoms with van der Waals surface area (Å²) in [6.45, 7) is -0.151. The van der Waals surface area contributed by atoms with Gasteiger partial charge in [0.15, 0.2) is 0 Å². The van der Waals surface area contributed by atoms with Crippen molar-refractivity contribution >= 4 is 23.2 Å². The van der Waals surface area contributed by atoms with E-state index in [2.05, 4.69) is 5.32 Å². The maximum atomic E-state index is 11.9.